The fraction of sp³-hybridized carbons (Fsp3) is 0.278. The molecule has 1 atom stereocenters. The van der Waals surface area contributed by atoms with Crippen molar-refractivity contribution in [1.82, 2.24) is 5.32 Å². The number of nitrogens with one attached hydrogen (secondary N) is 1. The third-order valence-electron chi connectivity index (χ3n) is 3.70. The second kappa shape index (κ2) is 8.67. The minimum atomic E-state index is -1.06. The number of hydrogen-bond donors (Lipinski definition) is 2. The van der Waals surface area contributed by atoms with Gasteiger partial charge in [0.25, 0.3) is 0 Å². The van der Waals surface area contributed by atoms with Crippen molar-refractivity contribution in [2.45, 2.75) is 25.6 Å². The van der Waals surface area contributed by atoms with Gasteiger partial charge in [-0.1, -0.05) is 54.6 Å². The lowest BCUT2D eigenvalue weighted by molar-refractivity contribution is -0.126. The number of carbonyl (C=O) groups excluding carboxylic acids is 1. The van der Waals surface area contributed by atoms with E-state index in [1.54, 1.807) is 14.0 Å². The van der Waals surface area contributed by atoms with Crippen LogP contribution < -0.4 is 11.1 Å². The van der Waals surface area contributed by atoms with Gasteiger partial charge < -0.3 is 15.8 Å². The average Bonchev–Trinajstić information content (AvgIpc) is 2.55. The third-order valence-corrected chi connectivity index (χ3v) is 3.70. The van der Waals surface area contributed by atoms with Crippen molar-refractivity contribution in [2.75, 3.05) is 7.11 Å². The summed E-state index contributed by atoms with van der Waals surface area (Å²) in [6.07, 6.45) is 0. The summed E-state index contributed by atoms with van der Waals surface area (Å²) >= 11 is 0. The predicted molar refractivity (Wildman–Crippen MR) is 94.2 cm³/mol. The number of carbonyl (C=O) groups is 1. The number of benzene rings is 2. The van der Waals surface area contributed by atoms with Gasteiger partial charge in [0.05, 0.1) is 6.61 Å². The van der Waals surface area contributed by atoms with Crippen LogP contribution in [0.5, 0.6) is 0 Å². The van der Waals surface area contributed by atoms with Crippen LogP contribution >= 0.6 is 12.4 Å². The van der Waals surface area contributed by atoms with E-state index in [2.05, 4.69) is 5.32 Å². The van der Waals surface area contributed by atoms with Gasteiger partial charge in [0.15, 0.2) is 0 Å². The molecule has 2 aromatic carbocycles. The quantitative estimate of drug-likeness (QED) is 0.853. The maximum atomic E-state index is 12.4. The van der Waals surface area contributed by atoms with E-state index in [0.29, 0.717) is 13.2 Å². The van der Waals surface area contributed by atoms with Crippen LogP contribution in [0.3, 0.4) is 0 Å². The van der Waals surface area contributed by atoms with Gasteiger partial charge in [-0.3, -0.25) is 4.79 Å². The molecule has 1 amide bonds. The lowest BCUT2D eigenvalue weighted by atomic mass is 9.92. The van der Waals surface area contributed by atoms with Crippen molar-refractivity contribution in [1.29, 1.82) is 0 Å². The number of ether oxygens (including phenoxy) is 1. The number of methoxy groups -OCH3 is 1. The zero-order chi connectivity index (χ0) is 16.0. The summed E-state index contributed by atoms with van der Waals surface area (Å²) in [7, 11) is 1.65. The molecule has 0 saturated heterocycles. The number of rotatable bonds is 6. The molecule has 2 aromatic rings. The van der Waals surface area contributed by atoms with Gasteiger partial charge in [0.2, 0.25) is 5.91 Å². The Kier molecular flexibility index (Phi) is 7.23. The SMILES string of the molecule is COCc1ccccc1CNC(=O)C(C)(N)c1ccccc1.Cl. The van der Waals surface area contributed by atoms with Crippen LogP contribution in [0.15, 0.2) is 54.6 Å². The molecular weight excluding hydrogens is 312 g/mol. The fourth-order valence-electron chi connectivity index (χ4n) is 2.30. The van der Waals surface area contributed by atoms with E-state index >= 15 is 0 Å². The normalized spacial score (nSPS) is 12.8. The zero-order valence-corrected chi connectivity index (χ0v) is 14.2. The van der Waals surface area contributed by atoms with E-state index in [1.165, 1.54) is 0 Å². The van der Waals surface area contributed by atoms with Gasteiger partial charge in [0, 0.05) is 13.7 Å². The van der Waals surface area contributed by atoms with Crippen LogP contribution in [0.2, 0.25) is 0 Å². The molecule has 2 rings (SSSR count). The van der Waals surface area contributed by atoms with Gasteiger partial charge in [0.1, 0.15) is 5.54 Å². The highest BCUT2D eigenvalue weighted by Crippen LogP contribution is 2.18. The molecule has 0 aromatic heterocycles. The first-order chi connectivity index (χ1) is 10.6. The van der Waals surface area contributed by atoms with E-state index < -0.39 is 5.54 Å². The fourth-order valence-corrected chi connectivity index (χ4v) is 2.30. The smallest absolute Gasteiger partial charge is 0.244 e. The first-order valence-electron chi connectivity index (χ1n) is 7.24. The third kappa shape index (κ3) is 4.79. The lowest BCUT2D eigenvalue weighted by Gasteiger charge is -2.24. The van der Waals surface area contributed by atoms with Crippen molar-refractivity contribution in [3.8, 4) is 0 Å². The molecule has 124 valence electrons. The predicted octanol–water partition coefficient (Wildman–Crippen LogP) is 2.75. The minimum Gasteiger partial charge on any atom is -0.380 e. The van der Waals surface area contributed by atoms with Crippen LogP contribution in [-0.2, 0) is 28.2 Å². The minimum absolute atomic E-state index is 0. The van der Waals surface area contributed by atoms with Gasteiger partial charge >= 0.3 is 0 Å². The first kappa shape index (κ1) is 19.2. The molecular formula is C18H23ClN2O2. The highest BCUT2D eigenvalue weighted by atomic mass is 35.5. The molecule has 0 saturated carbocycles. The first-order valence-corrected chi connectivity index (χ1v) is 7.24. The number of nitrogens with two attached hydrogens (primary N) is 1. The van der Waals surface area contributed by atoms with E-state index in [4.69, 9.17) is 10.5 Å². The summed E-state index contributed by atoms with van der Waals surface area (Å²) in [5.41, 5.74) is 8.03. The van der Waals surface area contributed by atoms with Crippen molar-refractivity contribution in [2.24, 2.45) is 5.73 Å². The summed E-state index contributed by atoms with van der Waals surface area (Å²) in [5.74, 6) is -0.203. The number of amides is 1. The summed E-state index contributed by atoms with van der Waals surface area (Å²) in [6, 6.07) is 17.2. The molecule has 23 heavy (non-hydrogen) atoms. The van der Waals surface area contributed by atoms with Crippen molar-refractivity contribution >= 4 is 18.3 Å². The highest BCUT2D eigenvalue weighted by Gasteiger charge is 2.30. The maximum Gasteiger partial charge on any atom is 0.244 e. The lowest BCUT2D eigenvalue weighted by Crippen LogP contribution is -2.48. The van der Waals surface area contributed by atoms with Crippen LogP contribution in [0.1, 0.15) is 23.6 Å². The van der Waals surface area contributed by atoms with E-state index in [-0.39, 0.29) is 18.3 Å². The molecule has 4 nitrogen and oxygen atoms in total. The number of hydrogen-bond acceptors (Lipinski definition) is 3. The van der Waals surface area contributed by atoms with Gasteiger partial charge in [-0.15, -0.1) is 12.4 Å². The van der Waals surface area contributed by atoms with E-state index in [9.17, 15) is 4.79 Å². The largest absolute Gasteiger partial charge is 0.380 e. The highest BCUT2D eigenvalue weighted by molar-refractivity contribution is 5.87. The number of halogens is 1. The Morgan fingerprint density at radius 1 is 1.09 bits per heavy atom. The Hall–Kier alpha value is -1.88. The molecule has 0 bridgehead atoms. The molecule has 1 unspecified atom stereocenters. The van der Waals surface area contributed by atoms with Gasteiger partial charge in [-0.05, 0) is 23.6 Å². The Morgan fingerprint density at radius 2 is 1.65 bits per heavy atom. The van der Waals surface area contributed by atoms with Crippen molar-refractivity contribution < 1.29 is 9.53 Å². The monoisotopic (exact) mass is 334 g/mol. The average molecular weight is 335 g/mol. The molecule has 0 spiro atoms. The Balaban J connectivity index is 0.00000264. The van der Waals surface area contributed by atoms with E-state index in [0.717, 1.165) is 16.7 Å². The Labute approximate surface area is 143 Å². The second-order valence-electron chi connectivity index (χ2n) is 5.45. The van der Waals surface area contributed by atoms with Gasteiger partial charge in [-0.2, -0.15) is 0 Å². The van der Waals surface area contributed by atoms with Crippen molar-refractivity contribution in [3.05, 3.63) is 71.3 Å². The molecule has 0 radical (unpaired) electrons. The summed E-state index contributed by atoms with van der Waals surface area (Å²) in [6.45, 7) is 2.67. The van der Waals surface area contributed by atoms with Gasteiger partial charge in [-0.25, -0.2) is 0 Å². The van der Waals surface area contributed by atoms with Crippen LogP contribution in [0.25, 0.3) is 0 Å². The molecule has 0 fully saturated rings. The second-order valence-corrected chi connectivity index (χ2v) is 5.45. The Bertz CT molecular complexity index is 630. The maximum absolute atomic E-state index is 12.4. The summed E-state index contributed by atoms with van der Waals surface area (Å²) < 4.78 is 5.17. The Morgan fingerprint density at radius 3 is 2.26 bits per heavy atom. The van der Waals surface area contributed by atoms with Crippen LogP contribution in [0, 0.1) is 0 Å². The standard InChI is InChI=1S/C18H22N2O2.ClH/c1-18(19,16-10-4-3-5-11-16)17(21)20-12-14-8-6-7-9-15(14)13-22-2;/h3-11H,12-13,19H2,1-2H3,(H,20,21);1H. The molecule has 0 aliphatic rings. The molecule has 5 heteroatoms. The molecule has 3 N–H and O–H groups in total. The van der Waals surface area contributed by atoms with Crippen LogP contribution in [0.4, 0.5) is 0 Å². The van der Waals surface area contributed by atoms with Crippen molar-refractivity contribution in [3.63, 3.8) is 0 Å². The molecule has 0 heterocycles. The molecule has 0 aliphatic heterocycles. The topological polar surface area (TPSA) is 64.3 Å². The van der Waals surface area contributed by atoms with E-state index in [1.807, 2.05) is 54.6 Å². The summed E-state index contributed by atoms with van der Waals surface area (Å²) in [5, 5.41) is 2.92. The van der Waals surface area contributed by atoms with Crippen LogP contribution in [-0.4, -0.2) is 13.0 Å². The summed E-state index contributed by atoms with van der Waals surface area (Å²) in [4.78, 5) is 12.4. The zero-order valence-electron chi connectivity index (χ0n) is 13.4. The molecule has 0 aliphatic carbocycles.